The smallest absolute Gasteiger partial charge is 0.324 e. The summed E-state index contributed by atoms with van der Waals surface area (Å²) in [7, 11) is 0. The lowest BCUT2D eigenvalue weighted by Gasteiger charge is -2.30. The van der Waals surface area contributed by atoms with Crippen LogP contribution in [0.25, 0.3) is 11.4 Å². The average Bonchev–Trinajstić information content (AvgIpc) is 3.47. The summed E-state index contributed by atoms with van der Waals surface area (Å²) in [4.78, 5) is 10.3. The molecular weight excluding hydrogens is 436 g/mol. The summed E-state index contributed by atoms with van der Waals surface area (Å²) in [5, 5.41) is 16.5. The van der Waals surface area contributed by atoms with E-state index in [4.69, 9.17) is 18.9 Å². The molecule has 0 spiro atoms. The molecule has 3 aromatic rings. The van der Waals surface area contributed by atoms with Crippen molar-refractivity contribution in [3.8, 4) is 17.1 Å². The van der Waals surface area contributed by atoms with Crippen molar-refractivity contribution in [3.05, 3.63) is 35.5 Å². The number of nitrogens with zero attached hydrogens (tertiary/aromatic N) is 5. The maximum absolute atomic E-state index is 14.4. The Hall–Kier alpha value is -3.08. The second-order valence-corrected chi connectivity index (χ2v) is 8.44. The number of anilines is 1. The summed E-state index contributed by atoms with van der Waals surface area (Å²) >= 11 is 0. The molecule has 2 aromatic heterocycles. The Labute approximate surface area is 189 Å². The normalized spacial score (nSPS) is 14.9. The summed E-state index contributed by atoms with van der Waals surface area (Å²) in [6.45, 7) is 5.63. The van der Waals surface area contributed by atoms with Crippen molar-refractivity contribution in [1.82, 2.24) is 20.3 Å². The number of piperidine rings is 1. The van der Waals surface area contributed by atoms with Gasteiger partial charge in [-0.2, -0.15) is 9.97 Å². The van der Waals surface area contributed by atoms with Gasteiger partial charge in [-0.25, -0.2) is 8.78 Å². The van der Waals surface area contributed by atoms with Gasteiger partial charge in [-0.15, -0.1) is 0 Å². The van der Waals surface area contributed by atoms with Gasteiger partial charge in [-0.3, -0.25) is 0 Å². The van der Waals surface area contributed by atoms with E-state index in [1.807, 2.05) is 13.8 Å². The molecular formula is C22H27F2N5O4. The van der Waals surface area contributed by atoms with Crippen molar-refractivity contribution in [2.75, 3.05) is 24.6 Å². The third kappa shape index (κ3) is 5.47. The fourth-order valence-electron chi connectivity index (χ4n) is 3.83. The van der Waals surface area contributed by atoms with Crippen molar-refractivity contribution in [3.63, 3.8) is 0 Å². The lowest BCUT2D eigenvalue weighted by Crippen LogP contribution is -2.34. The van der Waals surface area contributed by atoms with Gasteiger partial charge < -0.3 is 23.8 Å². The Kier molecular flexibility index (Phi) is 7.17. The second kappa shape index (κ2) is 10.2. The van der Waals surface area contributed by atoms with E-state index in [1.165, 1.54) is 0 Å². The lowest BCUT2D eigenvalue weighted by molar-refractivity contribution is 0.222. The van der Waals surface area contributed by atoms with Crippen LogP contribution in [0.4, 0.5) is 14.8 Å². The van der Waals surface area contributed by atoms with Crippen molar-refractivity contribution >= 4 is 6.01 Å². The quantitative estimate of drug-likeness (QED) is 0.469. The van der Waals surface area contributed by atoms with E-state index in [0.717, 1.165) is 56.7 Å². The largest absolute Gasteiger partial charge is 0.493 e. The van der Waals surface area contributed by atoms with Gasteiger partial charge in [0.05, 0.1) is 12.2 Å². The maximum atomic E-state index is 14.4. The number of ether oxygens (including phenoxy) is 1. The number of halogens is 2. The molecule has 0 aliphatic carbocycles. The average molecular weight is 463 g/mol. The van der Waals surface area contributed by atoms with E-state index in [2.05, 4.69) is 25.2 Å². The molecule has 11 heteroatoms. The predicted octanol–water partition coefficient (Wildman–Crippen LogP) is 4.09. The van der Waals surface area contributed by atoms with Crippen LogP contribution in [0.5, 0.6) is 5.75 Å². The Morgan fingerprint density at radius 2 is 1.85 bits per heavy atom. The molecule has 1 fully saturated rings. The van der Waals surface area contributed by atoms with E-state index in [0.29, 0.717) is 18.5 Å². The highest BCUT2D eigenvalue weighted by molar-refractivity contribution is 5.58. The maximum Gasteiger partial charge on any atom is 0.324 e. The fourth-order valence-corrected chi connectivity index (χ4v) is 3.83. The van der Waals surface area contributed by atoms with Gasteiger partial charge in [0.15, 0.2) is 5.82 Å². The summed E-state index contributed by atoms with van der Waals surface area (Å²) < 4.78 is 44.4. The van der Waals surface area contributed by atoms with Crippen LogP contribution in [-0.2, 0) is 6.61 Å². The molecule has 1 aliphatic rings. The number of rotatable bonds is 9. The Bertz CT molecular complexity index is 1040. The van der Waals surface area contributed by atoms with Gasteiger partial charge >= 0.3 is 6.01 Å². The Morgan fingerprint density at radius 1 is 1.12 bits per heavy atom. The molecule has 0 radical (unpaired) electrons. The standard InChI is InChI=1S/C22H27F2N5O4/c1-13(2)20-26-22(33-27-20)29-7-5-14(6-8-29)4-3-9-31-15-10-16(23)19(17(24)11-15)21-25-18(12-30)32-28-21/h10-11,13-14,30H,3-9,12H2,1-2H3. The summed E-state index contributed by atoms with van der Waals surface area (Å²) in [5.41, 5.74) is -0.417. The van der Waals surface area contributed by atoms with Crippen LogP contribution in [0.15, 0.2) is 21.2 Å². The van der Waals surface area contributed by atoms with Gasteiger partial charge in [0.2, 0.25) is 5.82 Å². The Balaban J connectivity index is 1.22. The zero-order valence-electron chi connectivity index (χ0n) is 18.6. The molecule has 3 heterocycles. The van der Waals surface area contributed by atoms with Gasteiger partial charge in [0, 0.05) is 31.1 Å². The minimum absolute atomic E-state index is 0.104. The van der Waals surface area contributed by atoms with Gasteiger partial charge in [0.25, 0.3) is 5.89 Å². The van der Waals surface area contributed by atoms with E-state index >= 15 is 0 Å². The first-order valence-electron chi connectivity index (χ1n) is 11.1. The first kappa shape index (κ1) is 23.1. The van der Waals surface area contributed by atoms with E-state index in [9.17, 15) is 8.78 Å². The van der Waals surface area contributed by atoms with Crippen molar-refractivity contribution in [1.29, 1.82) is 0 Å². The van der Waals surface area contributed by atoms with Gasteiger partial charge in [-0.1, -0.05) is 24.2 Å². The number of aliphatic hydroxyl groups excluding tert-OH is 1. The third-order valence-corrected chi connectivity index (χ3v) is 5.70. The number of aliphatic hydroxyl groups is 1. The van der Waals surface area contributed by atoms with Crippen LogP contribution in [0.2, 0.25) is 0 Å². The minimum atomic E-state index is -0.857. The summed E-state index contributed by atoms with van der Waals surface area (Å²) in [6.07, 6.45) is 3.76. The molecule has 0 bridgehead atoms. The molecule has 0 unspecified atom stereocenters. The van der Waals surface area contributed by atoms with Gasteiger partial charge in [0.1, 0.15) is 24.0 Å². The molecule has 178 valence electrons. The first-order valence-corrected chi connectivity index (χ1v) is 11.1. The number of benzene rings is 1. The highest BCUT2D eigenvalue weighted by atomic mass is 19.1. The second-order valence-electron chi connectivity index (χ2n) is 8.44. The molecule has 1 N–H and O–H groups in total. The monoisotopic (exact) mass is 463 g/mol. The molecule has 33 heavy (non-hydrogen) atoms. The van der Waals surface area contributed by atoms with Crippen LogP contribution in [0, 0.1) is 17.6 Å². The van der Waals surface area contributed by atoms with E-state index in [1.54, 1.807) is 0 Å². The van der Waals surface area contributed by atoms with Crippen molar-refractivity contribution in [2.45, 2.75) is 52.1 Å². The Morgan fingerprint density at radius 3 is 2.45 bits per heavy atom. The lowest BCUT2D eigenvalue weighted by atomic mass is 9.92. The topological polar surface area (TPSA) is 111 Å². The zero-order chi connectivity index (χ0) is 23.4. The van der Waals surface area contributed by atoms with Gasteiger partial charge in [-0.05, 0) is 31.6 Å². The fraction of sp³-hybridized carbons (Fsp3) is 0.545. The van der Waals surface area contributed by atoms with E-state index in [-0.39, 0.29) is 23.4 Å². The van der Waals surface area contributed by atoms with Crippen LogP contribution in [0.3, 0.4) is 0 Å². The number of aromatic nitrogens is 4. The SMILES string of the molecule is CC(C)c1noc(N2CCC(CCCOc3cc(F)c(-c4noc(CO)n4)c(F)c3)CC2)n1. The van der Waals surface area contributed by atoms with Crippen LogP contribution in [0.1, 0.15) is 57.2 Å². The molecule has 9 nitrogen and oxygen atoms in total. The molecule has 1 saturated heterocycles. The molecule has 0 atom stereocenters. The molecule has 1 aliphatic heterocycles. The van der Waals surface area contributed by atoms with Crippen LogP contribution < -0.4 is 9.64 Å². The molecule has 0 amide bonds. The third-order valence-electron chi connectivity index (χ3n) is 5.70. The molecule has 4 rings (SSSR count). The van der Waals surface area contributed by atoms with Crippen molar-refractivity contribution < 1.29 is 27.7 Å². The zero-order valence-corrected chi connectivity index (χ0v) is 18.6. The first-order chi connectivity index (χ1) is 15.9. The predicted molar refractivity (Wildman–Crippen MR) is 114 cm³/mol. The minimum Gasteiger partial charge on any atom is -0.493 e. The van der Waals surface area contributed by atoms with Crippen LogP contribution in [-0.4, -0.2) is 45.1 Å². The van der Waals surface area contributed by atoms with Crippen LogP contribution >= 0.6 is 0 Å². The number of hydrogen-bond acceptors (Lipinski definition) is 9. The van der Waals surface area contributed by atoms with Crippen molar-refractivity contribution in [2.24, 2.45) is 5.92 Å². The summed E-state index contributed by atoms with van der Waals surface area (Å²) in [6, 6.07) is 2.78. The molecule has 0 saturated carbocycles. The summed E-state index contributed by atoms with van der Waals surface area (Å²) in [5.74, 6) is -0.485. The highest BCUT2D eigenvalue weighted by Gasteiger charge is 2.24. The highest BCUT2D eigenvalue weighted by Crippen LogP contribution is 2.29. The molecule has 1 aromatic carbocycles. The number of hydrogen-bond donors (Lipinski definition) is 1. The van der Waals surface area contributed by atoms with E-state index < -0.39 is 23.8 Å².